The molecule has 1 aliphatic carbocycles. The first kappa shape index (κ1) is 27.5. The molecule has 1 aromatic carbocycles. The van der Waals surface area contributed by atoms with E-state index in [9.17, 15) is 9.90 Å². The van der Waals surface area contributed by atoms with Gasteiger partial charge in [-0.05, 0) is 49.1 Å². The van der Waals surface area contributed by atoms with Crippen molar-refractivity contribution in [1.82, 2.24) is 9.88 Å². The SMILES string of the molecule is O=C(O)CCCCC1=NC2C=C(C(O)N3CCN(c4ncccc4Cl)CC3)C=CC2N=C1c1ccc(Cl)cc1. The van der Waals surface area contributed by atoms with Gasteiger partial charge in [0.15, 0.2) is 0 Å². The van der Waals surface area contributed by atoms with Crippen molar-refractivity contribution in [2.24, 2.45) is 9.98 Å². The number of aliphatic hydroxyl groups is 1. The van der Waals surface area contributed by atoms with Crippen LogP contribution in [0.25, 0.3) is 0 Å². The van der Waals surface area contributed by atoms with E-state index in [4.69, 9.17) is 38.3 Å². The van der Waals surface area contributed by atoms with Crippen LogP contribution in [-0.4, -0.2) is 82.0 Å². The van der Waals surface area contributed by atoms with Crippen molar-refractivity contribution in [3.8, 4) is 0 Å². The number of carboxylic acid groups (broad SMARTS) is 1. The Balaban J connectivity index is 1.29. The molecule has 0 spiro atoms. The van der Waals surface area contributed by atoms with E-state index in [0.717, 1.165) is 28.4 Å². The average molecular weight is 569 g/mol. The molecule has 2 N–H and O–H groups in total. The van der Waals surface area contributed by atoms with Crippen molar-refractivity contribution in [2.45, 2.75) is 44.0 Å². The van der Waals surface area contributed by atoms with E-state index in [-0.39, 0.29) is 18.5 Å². The second-order valence-electron chi connectivity index (χ2n) is 9.87. The van der Waals surface area contributed by atoms with E-state index in [1.165, 1.54) is 0 Å². The molecule has 0 radical (unpaired) electrons. The molecule has 3 unspecified atom stereocenters. The number of piperazine rings is 1. The van der Waals surface area contributed by atoms with Crippen LogP contribution in [0.4, 0.5) is 5.82 Å². The Kier molecular flexibility index (Phi) is 8.77. The number of hydrogen-bond acceptors (Lipinski definition) is 7. The van der Waals surface area contributed by atoms with Gasteiger partial charge in [0.25, 0.3) is 0 Å². The molecule has 1 fully saturated rings. The zero-order chi connectivity index (χ0) is 27.4. The largest absolute Gasteiger partial charge is 0.481 e. The van der Waals surface area contributed by atoms with E-state index < -0.39 is 12.2 Å². The summed E-state index contributed by atoms with van der Waals surface area (Å²) in [5.41, 5.74) is 3.41. The number of anilines is 1. The molecular formula is C29H31Cl2N5O3. The minimum absolute atomic E-state index is 0.130. The molecule has 2 aromatic rings. The second-order valence-corrected chi connectivity index (χ2v) is 10.7. The van der Waals surface area contributed by atoms with Crippen molar-refractivity contribution in [3.63, 3.8) is 0 Å². The molecule has 0 amide bonds. The number of carboxylic acids is 1. The summed E-state index contributed by atoms with van der Waals surface area (Å²) in [6.07, 6.45) is 8.99. The number of aliphatic imine (C=N–C) groups is 2. The number of hydrogen-bond donors (Lipinski definition) is 2. The summed E-state index contributed by atoms with van der Waals surface area (Å²) < 4.78 is 0. The zero-order valence-corrected chi connectivity index (χ0v) is 23.0. The van der Waals surface area contributed by atoms with Crippen LogP contribution < -0.4 is 4.90 Å². The summed E-state index contributed by atoms with van der Waals surface area (Å²) >= 11 is 12.4. The van der Waals surface area contributed by atoms with Gasteiger partial charge in [0.1, 0.15) is 12.0 Å². The molecule has 5 rings (SSSR count). The lowest BCUT2D eigenvalue weighted by Crippen LogP contribution is -2.51. The first-order valence-electron chi connectivity index (χ1n) is 13.2. The third kappa shape index (κ3) is 6.58. The van der Waals surface area contributed by atoms with Crippen molar-refractivity contribution in [1.29, 1.82) is 0 Å². The van der Waals surface area contributed by atoms with E-state index in [0.29, 0.717) is 55.5 Å². The Morgan fingerprint density at radius 3 is 2.51 bits per heavy atom. The Labute approximate surface area is 238 Å². The summed E-state index contributed by atoms with van der Waals surface area (Å²) in [4.78, 5) is 29.7. The highest BCUT2D eigenvalue weighted by molar-refractivity contribution is 6.49. The van der Waals surface area contributed by atoms with Crippen LogP contribution in [0.2, 0.25) is 10.0 Å². The molecule has 3 aliphatic rings. The Morgan fingerprint density at radius 2 is 1.79 bits per heavy atom. The van der Waals surface area contributed by atoms with Crippen molar-refractivity contribution in [3.05, 3.63) is 82.0 Å². The normalized spacial score (nSPS) is 22.0. The number of aliphatic hydroxyl groups excluding tert-OH is 1. The number of unbranched alkanes of at least 4 members (excludes halogenated alkanes) is 1. The number of carbonyl (C=O) groups is 1. The first-order valence-corrected chi connectivity index (χ1v) is 13.9. The lowest BCUT2D eigenvalue weighted by atomic mass is 9.92. The number of aliphatic carboxylic acids is 1. The van der Waals surface area contributed by atoms with Gasteiger partial charge in [0, 0.05) is 49.4 Å². The standard InChI is InChI=1S/C29H31Cl2N5O3/c30-21-10-7-19(8-11-21)27-24(5-1-2-6-26(37)38)33-25-18-20(9-12-23(25)34-27)29(39)36-16-14-35(15-17-36)28-22(31)4-3-13-32-28/h3-4,7-13,18,23,25,29,39H,1-2,5-6,14-17H2,(H,37,38). The quantitative estimate of drug-likeness (QED) is 0.427. The molecule has 0 saturated carbocycles. The van der Waals surface area contributed by atoms with Crippen LogP contribution in [-0.2, 0) is 4.79 Å². The number of aromatic nitrogens is 1. The van der Waals surface area contributed by atoms with Gasteiger partial charge >= 0.3 is 5.97 Å². The van der Waals surface area contributed by atoms with Gasteiger partial charge in [0.05, 0.1) is 28.5 Å². The lowest BCUT2D eigenvalue weighted by Gasteiger charge is -2.39. The maximum atomic E-state index is 11.2. The molecule has 2 aliphatic heterocycles. The predicted molar refractivity (Wildman–Crippen MR) is 155 cm³/mol. The van der Waals surface area contributed by atoms with Gasteiger partial charge in [-0.1, -0.05) is 53.6 Å². The van der Waals surface area contributed by atoms with E-state index in [2.05, 4.69) is 9.88 Å². The number of nitrogens with zero attached hydrogens (tertiary/aromatic N) is 5. The Hall–Kier alpha value is -3.04. The van der Waals surface area contributed by atoms with Crippen molar-refractivity contribution < 1.29 is 15.0 Å². The van der Waals surface area contributed by atoms with Crippen LogP contribution in [0.5, 0.6) is 0 Å². The van der Waals surface area contributed by atoms with Gasteiger partial charge in [-0.25, -0.2) is 4.98 Å². The number of halogens is 2. The van der Waals surface area contributed by atoms with Crippen LogP contribution >= 0.6 is 23.2 Å². The summed E-state index contributed by atoms with van der Waals surface area (Å²) in [6, 6.07) is 10.8. The minimum atomic E-state index is -0.796. The Morgan fingerprint density at radius 1 is 1.03 bits per heavy atom. The van der Waals surface area contributed by atoms with Crippen molar-refractivity contribution in [2.75, 3.05) is 31.1 Å². The first-order chi connectivity index (χ1) is 18.9. The number of fused-ring (bicyclic) bond motifs is 1. The Bertz CT molecular complexity index is 1320. The third-order valence-electron chi connectivity index (χ3n) is 7.22. The molecule has 39 heavy (non-hydrogen) atoms. The van der Waals surface area contributed by atoms with Gasteiger partial charge in [0.2, 0.25) is 0 Å². The topological polar surface area (TPSA) is 102 Å². The summed E-state index contributed by atoms with van der Waals surface area (Å²) in [7, 11) is 0. The molecule has 8 nitrogen and oxygen atoms in total. The molecule has 0 bridgehead atoms. The lowest BCUT2D eigenvalue weighted by molar-refractivity contribution is -0.137. The average Bonchev–Trinajstić information content (AvgIpc) is 2.95. The zero-order valence-electron chi connectivity index (χ0n) is 21.5. The number of pyridine rings is 1. The molecule has 3 atom stereocenters. The van der Waals surface area contributed by atoms with Crippen LogP contribution in [0.15, 0.2) is 76.4 Å². The van der Waals surface area contributed by atoms with Gasteiger partial charge in [-0.15, -0.1) is 0 Å². The highest BCUT2D eigenvalue weighted by Crippen LogP contribution is 2.28. The van der Waals surface area contributed by atoms with E-state index in [1.54, 1.807) is 6.20 Å². The maximum absolute atomic E-state index is 11.2. The third-order valence-corrected chi connectivity index (χ3v) is 7.77. The van der Waals surface area contributed by atoms with Crippen LogP contribution in [0, 0.1) is 0 Å². The molecule has 1 saturated heterocycles. The van der Waals surface area contributed by atoms with Gasteiger partial charge < -0.3 is 15.1 Å². The fourth-order valence-electron chi connectivity index (χ4n) is 5.14. The molecular weight excluding hydrogens is 537 g/mol. The molecule has 3 heterocycles. The van der Waals surface area contributed by atoms with Gasteiger partial charge in [-0.3, -0.25) is 19.7 Å². The number of rotatable bonds is 9. The van der Waals surface area contributed by atoms with Crippen LogP contribution in [0.1, 0.15) is 31.2 Å². The molecule has 204 valence electrons. The minimum Gasteiger partial charge on any atom is -0.481 e. The predicted octanol–water partition coefficient (Wildman–Crippen LogP) is 4.65. The highest BCUT2D eigenvalue weighted by atomic mass is 35.5. The summed E-state index contributed by atoms with van der Waals surface area (Å²) in [5, 5.41) is 21.5. The highest BCUT2D eigenvalue weighted by Gasteiger charge is 2.31. The maximum Gasteiger partial charge on any atom is 0.303 e. The summed E-state index contributed by atoms with van der Waals surface area (Å²) in [5.74, 6) is -0.0233. The monoisotopic (exact) mass is 567 g/mol. The molecule has 10 heteroatoms. The van der Waals surface area contributed by atoms with E-state index in [1.807, 2.05) is 59.5 Å². The second kappa shape index (κ2) is 12.4. The molecule has 1 aromatic heterocycles. The van der Waals surface area contributed by atoms with Crippen molar-refractivity contribution >= 4 is 46.4 Å². The number of benzene rings is 1. The fraction of sp³-hybridized carbons (Fsp3) is 0.379. The summed E-state index contributed by atoms with van der Waals surface area (Å²) in [6.45, 7) is 2.77. The smallest absolute Gasteiger partial charge is 0.303 e. The fourth-order valence-corrected chi connectivity index (χ4v) is 5.51. The van der Waals surface area contributed by atoms with Crippen LogP contribution in [0.3, 0.4) is 0 Å². The van der Waals surface area contributed by atoms with Gasteiger partial charge in [-0.2, -0.15) is 0 Å². The van der Waals surface area contributed by atoms with E-state index >= 15 is 0 Å².